The lowest BCUT2D eigenvalue weighted by Gasteiger charge is -2.33. The van der Waals surface area contributed by atoms with Crippen LogP contribution in [-0.4, -0.2) is 63.6 Å². The molecular weight excluding hydrogens is 378 g/mol. The summed E-state index contributed by atoms with van der Waals surface area (Å²) in [5.41, 5.74) is 2.18. The molecule has 0 amide bonds. The maximum absolute atomic E-state index is 5.95. The monoisotopic (exact) mass is 403 g/mol. The molecule has 0 saturated carbocycles. The van der Waals surface area contributed by atoms with E-state index in [1.165, 1.54) is 5.56 Å². The second kappa shape index (κ2) is 9.66. The van der Waals surface area contributed by atoms with Crippen molar-refractivity contribution in [3.8, 4) is 17.2 Å². The van der Waals surface area contributed by atoms with Gasteiger partial charge in [0.25, 0.3) is 0 Å². The average Bonchev–Trinajstić information content (AvgIpc) is 2.74. The molecule has 0 radical (unpaired) electrons. The van der Waals surface area contributed by atoms with E-state index in [-0.39, 0.29) is 0 Å². The van der Waals surface area contributed by atoms with Gasteiger partial charge in [-0.3, -0.25) is 9.91 Å². The first-order valence-electron chi connectivity index (χ1n) is 9.18. The number of nitrogens with zero attached hydrogens (tertiary/aromatic N) is 3. The SMILES string of the molecule is COc1cc(C=NN2CCN(Cc3ccc(Cl)cc3)CC2)cc(OC)c1OC. The van der Waals surface area contributed by atoms with E-state index in [0.717, 1.165) is 43.3 Å². The van der Waals surface area contributed by atoms with Gasteiger partial charge < -0.3 is 14.2 Å². The molecule has 1 aliphatic heterocycles. The minimum atomic E-state index is 0.581. The quantitative estimate of drug-likeness (QED) is 0.662. The molecule has 0 bridgehead atoms. The molecule has 1 saturated heterocycles. The van der Waals surface area contributed by atoms with Crippen LogP contribution in [0.15, 0.2) is 41.5 Å². The summed E-state index contributed by atoms with van der Waals surface area (Å²) in [4.78, 5) is 2.43. The van der Waals surface area contributed by atoms with Gasteiger partial charge in [-0.1, -0.05) is 23.7 Å². The highest BCUT2D eigenvalue weighted by Crippen LogP contribution is 2.37. The Kier molecular flexibility index (Phi) is 7.01. The van der Waals surface area contributed by atoms with Gasteiger partial charge in [0, 0.05) is 43.3 Å². The van der Waals surface area contributed by atoms with E-state index in [9.17, 15) is 0 Å². The lowest BCUT2D eigenvalue weighted by molar-refractivity contribution is 0.131. The molecular formula is C21H26ClN3O3. The highest BCUT2D eigenvalue weighted by Gasteiger charge is 2.16. The molecule has 1 heterocycles. The Morgan fingerprint density at radius 2 is 1.54 bits per heavy atom. The van der Waals surface area contributed by atoms with Crippen LogP contribution in [-0.2, 0) is 6.54 Å². The number of hydrazone groups is 1. The Hall–Kier alpha value is -2.44. The number of halogens is 1. The van der Waals surface area contributed by atoms with Crippen LogP contribution < -0.4 is 14.2 Å². The zero-order chi connectivity index (χ0) is 19.9. The maximum Gasteiger partial charge on any atom is 0.203 e. The summed E-state index contributed by atoms with van der Waals surface area (Å²) in [6.07, 6.45) is 1.83. The van der Waals surface area contributed by atoms with Crippen LogP contribution in [0.4, 0.5) is 0 Å². The topological polar surface area (TPSA) is 46.5 Å². The van der Waals surface area contributed by atoms with Crippen LogP contribution in [0.1, 0.15) is 11.1 Å². The first kappa shape index (κ1) is 20.3. The fraction of sp³-hybridized carbons (Fsp3) is 0.381. The van der Waals surface area contributed by atoms with Gasteiger partial charge in [0.05, 0.1) is 27.5 Å². The van der Waals surface area contributed by atoms with Gasteiger partial charge in [-0.2, -0.15) is 5.10 Å². The van der Waals surface area contributed by atoms with Gasteiger partial charge >= 0.3 is 0 Å². The zero-order valence-corrected chi connectivity index (χ0v) is 17.3. The highest BCUT2D eigenvalue weighted by atomic mass is 35.5. The molecule has 1 aliphatic rings. The summed E-state index contributed by atoms with van der Waals surface area (Å²) in [5, 5.41) is 7.48. The van der Waals surface area contributed by atoms with Gasteiger partial charge in [0.15, 0.2) is 11.5 Å². The molecule has 0 N–H and O–H groups in total. The zero-order valence-electron chi connectivity index (χ0n) is 16.5. The molecule has 0 unspecified atom stereocenters. The van der Waals surface area contributed by atoms with E-state index in [1.54, 1.807) is 21.3 Å². The Labute approximate surface area is 171 Å². The van der Waals surface area contributed by atoms with Crippen LogP contribution in [0.25, 0.3) is 0 Å². The van der Waals surface area contributed by atoms with Crippen molar-refractivity contribution in [1.29, 1.82) is 0 Å². The first-order valence-corrected chi connectivity index (χ1v) is 9.56. The number of hydrogen-bond acceptors (Lipinski definition) is 6. The average molecular weight is 404 g/mol. The minimum Gasteiger partial charge on any atom is -0.493 e. The molecule has 3 rings (SSSR count). The molecule has 2 aromatic rings. The third-order valence-electron chi connectivity index (χ3n) is 4.73. The van der Waals surface area contributed by atoms with E-state index in [1.807, 2.05) is 30.5 Å². The van der Waals surface area contributed by atoms with E-state index in [0.29, 0.717) is 17.2 Å². The fourth-order valence-electron chi connectivity index (χ4n) is 3.18. The van der Waals surface area contributed by atoms with Crippen molar-refractivity contribution in [2.75, 3.05) is 47.5 Å². The van der Waals surface area contributed by atoms with E-state index < -0.39 is 0 Å². The van der Waals surface area contributed by atoms with E-state index in [2.05, 4.69) is 27.1 Å². The first-order chi connectivity index (χ1) is 13.6. The molecule has 6 nitrogen and oxygen atoms in total. The van der Waals surface area contributed by atoms with Crippen molar-refractivity contribution in [2.24, 2.45) is 5.10 Å². The number of methoxy groups -OCH3 is 3. The standard InChI is InChI=1S/C21H26ClN3O3/c1-26-19-12-17(13-20(27-2)21(19)28-3)14-23-25-10-8-24(9-11-25)15-16-4-6-18(22)7-5-16/h4-7,12-14H,8-11,15H2,1-3H3. The number of benzene rings is 2. The smallest absolute Gasteiger partial charge is 0.203 e. The summed E-state index contributed by atoms with van der Waals surface area (Å²) in [6, 6.07) is 11.8. The summed E-state index contributed by atoms with van der Waals surface area (Å²) in [7, 11) is 4.81. The summed E-state index contributed by atoms with van der Waals surface area (Å²) < 4.78 is 16.1. The van der Waals surface area contributed by atoms with Crippen molar-refractivity contribution in [1.82, 2.24) is 9.91 Å². The number of rotatable bonds is 7. The predicted octanol–water partition coefficient (Wildman–Crippen LogP) is 3.52. The van der Waals surface area contributed by atoms with Gasteiger partial charge in [-0.05, 0) is 29.8 Å². The molecule has 0 spiro atoms. The van der Waals surface area contributed by atoms with Gasteiger partial charge in [0.2, 0.25) is 5.75 Å². The summed E-state index contributed by atoms with van der Waals surface area (Å²) in [6.45, 7) is 4.63. The lowest BCUT2D eigenvalue weighted by atomic mass is 10.2. The maximum atomic E-state index is 5.95. The van der Waals surface area contributed by atoms with Crippen molar-refractivity contribution < 1.29 is 14.2 Å². The van der Waals surface area contributed by atoms with Crippen LogP contribution in [0, 0.1) is 0 Å². The third kappa shape index (κ3) is 5.09. The second-order valence-corrected chi connectivity index (χ2v) is 7.00. The van der Waals surface area contributed by atoms with Gasteiger partial charge in [-0.15, -0.1) is 0 Å². The molecule has 0 atom stereocenters. The molecule has 2 aromatic carbocycles. The van der Waals surface area contributed by atoms with Crippen molar-refractivity contribution >= 4 is 17.8 Å². The second-order valence-electron chi connectivity index (χ2n) is 6.56. The van der Waals surface area contributed by atoms with Crippen molar-refractivity contribution in [3.63, 3.8) is 0 Å². The molecule has 28 heavy (non-hydrogen) atoms. The van der Waals surface area contributed by atoms with Crippen LogP contribution in [0.5, 0.6) is 17.2 Å². The molecule has 0 aromatic heterocycles. The van der Waals surface area contributed by atoms with E-state index >= 15 is 0 Å². The van der Waals surface area contributed by atoms with Crippen molar-refractivity contribution in [3.05, 3.63) is 52.5 Å². The van der Waals surface area contributed by atoms with Crippen LogP contribution >= 0.6 is 11.6 Å². The van der Waals surface area contributed by atoms with Gasteiger partial charge in [-0.25, -0.2) is 0 Å². The Morgan fingerprint density at radius 3 is 2.07 bits per heavy atom. The number of piperazine rings is 1. The van der Waals surface area contributed by atoms with Crippen LogP contribution in [0.3, 0.4) is 0 Å². The molecule has 1 fully saturated rings. The molecule has 7 heteroatoms. The summed E-state index contributed by atoms with van der Waals surface area (Å²) >= 11 is 5.95. The number of ether oxygens (including phenoxy) is 3. The Balaban J connectivity index is 1.58. The molecule has 150 valence electrons. The highest BCUT2D eigenvalue weighted by molar-refractivity contribution is 6.30. The Bertz CT molecular complexity index is 778. The number of hydrogen-bond donors (Lipinski definition) is 0. The Morgan fingerprint density at radius 1 is 0.929 bits per heavy atom. The normalized spacial score (nSPS) is 15.1. The molecule has 0 aliphatic carbocycles. The lowest BCUT2D eigenvalue weighted by Crippen LogP contribution is -2.43. The van der Waals surface area contributed by atoms with Crippen molar-refractivity contribution in [2.45, 2.75) is 6.54 Å². The van der Waals surface area contributed by atoms with E-state index in [4.69, 9.17) is 25.8 Å². The van der Waals surface area contributed by atoms with Crippen LogP contribution in [0.2, 0.25) is 5.02 Å². The third-order valence-corrected chi connectivity index (χ3v) is 4.98. The van der Waals surface area contributed by atoms with Gasteiger partial charge in [0.1, 0.15) is 0 Å². The fourth-order valence-corrected chi connectivity index (χ4v) is 3.31. The minimum absolute atomic E-state index is 0.581. The predicted molar refractivity (Wildman–Crippen MR) is 112 cm³/mol. The summed E-state index contributed by atoms with van der Waals surface area (Å²) in [5.74, 6) is 1.82. The largest absolute Gasteiger partial charge is 0.493 e.